The maximum absolute atomic E-state index is 13.6. The molecule has 0 aliphatic carbocycles. The van der Waals surface area contributed by atoms with Gasteiger partial charge in [0.25, 0.3) is 11.8 Å². The van der Waals surface area contributed by atoms with Crippen LogP contribution in [-0.2, 0) is 13.0 Å². The van der Waals surface area contributed by atoms with Gasteiger partial charge in [-0.3, -0.25) is 9.59 Å². The summed E-state index contributed by atoms with van der Waals surface area (Å²) >= 11 is 1.58. The molecule has 0 unspecified atom stereocenters. The van der Waals surface area contributed by atoms with Crippen LogP contribution in [0.15, 0.2) is 84.2 Å². The number of nitrogens with one attached hydrogen (secondary N) is 2. The van der Waals surface area contributed by atoms with E-state index in [1.54, 1.807) is 42.7 Å². The fraction of sp³-hybridized carbons (Fsp3) is 0.324. The molecule has 3 atom stereocenters. The van der Waals surface area contributed by atoms with Gasteiger partial charge in [0, 0.05) is 41.8 Å². The van der Waals surface area contributed by atoms with Gasteiger partial charge in [0.15, 0.2) is 0 Å². The smallest absolute Gasteiger partial charge is 0.254 e. The lowest BCUT2D eigenvalue weighted by Crippen LogP contribution is -2.48. The molecule has 8 nitrogen and oxygen atoms in total. The standard InChI is InChI=1S/C34H38N4O4S/c1-23-22-43-33(36-23)30-15-8-16-38(30)34(41)27-13-7-12-26(19-27)32(40)37-29(18-24-9-4-3-5-10-24)31(39)21-35-20-25-11-6-14-28(17-25)42-2/h3-7,9-14,17,19,22,29-31,35,39H,8,15-16,18,20-21H2,1-2H3,(H,37,40)/t29-,30+,31+/m0/s1. The summed E-state index contributed by atoms with van der Waals surface area (Å²) < 4.78 is 5.30. The van der Waals surface area contributed by atoms with Gasteiger partial charge in [-0.25, -0.2) is 4.98 Å². The number of ether oxygens (including phenoxy) is 1. The van der Waals surface area contributed by atoms with Gasteiger partial charge in [0.05, 0.1) is 25.3 Å². The van der Waals surface area contributed by atoms with Gasteiger partial charge in [0.1, 0.15) is 10.8 Å². The largest absolute Gasteiger partial charge is 0.497 e. The van der Waals surface area contributed by atoms with Crippen LogP contribution in [0.2, 0.25) is 0 Å². The summed E-state index contributed by atoms with van der Waals surface area (Å²) in [6, 6.07) is 23.7. The number of aliphatic hydroxyl groups excluding tert-OH is 1. The predicted octanol–water partition coefficient (Wildman–Crippen LogP) is 4.93. The maximum atomic E-state index is 13.6. The Morgan fingerprint density at radius 3 is 2.58 bits per heavy atom. The number of nitrogens with zero attached hydrogens (tertiary/aromatic N) is 2. The van der Waals surface area contributed by atoms with E-state index in [1.165, 1.54) is 0 Å². The molecule has 1 aliphatic heterocycles. The summed E-state index contributed by atoms with van der Waals surface area (Å²) in [7, 11) is 1.63. The zero-order valence-corrected chi connectivity index (χ0v) is 25.3. The third-order valence-electron chi connectivity index (χ3n) is 7.70. The first kappa shape index (κ1) is 30.4. The van der Waals surface area contributed by atoms with Crippen molar-refractivity contribution in [1.29, 1.82) is 0 Å². The highest BCUT2D eigenvalue weighted by Gasteiger charge is 2.33. The predicted molar refractivity (Wildman–Crippen MR) is 168 cm³/mol. The molecule has 1 aliphatic rings. The number of aryl methyl sites for hydroxylation is 1. The molecule has 1 fully saturated rings. The van der Waals surface area contributed by atoms with Gasteiger partial charge in [-0.1, -0.05) is 48.5 Å². The van der Waals surface area contributed by atoms with E-state index < -0.39 is 12.1 Å². The fourth-order valence-electron chi connectivity index (χ4n) is 5.44. The minimum Gasteiger partial charge on any atom is -0.497 e. The summed E-state index contributed by atoms with van der Waals surface area (Å²) in [5.41, 5.74) is 3.83. The number of aliphatic hydroxyl groups is 1. The van der Waals surface area contributed by atoms with Crippen LogP contribution in [0.5, 0.6) is 5.75 Å². The summed E-state index contributed by atoms with van der Waals surface area (Å²) in [6.07, 6.45) is 1.39. The first-order chi connectivity index (χ1) is 20.9. The van der Waals surface area contributed by atoms with Crippen molar-refractivity contribution in [3.8, 4) is 5.75 Å². The molecule has 43 heavy (non-hydrogen) atoms. The third-order valence-corrected chi connectivity index (χ3v) is 8.77. The van der Waals surface area contributed by atoms with E-state index in [0.29, 0.717) is 30.6 Å². The van der Waals surface area contributed by atoms with Crippen molar-refractivity contribution in [2.45, 2.75) is 50.9 Å². The average Bonchev–Trinajstić information content (AvgIpc) is 3.70. The zero-order chi connectivity index (χ0) is 30.2. The van der Waals surface area contributed by atoms with Gasteiger partial charge < -0.3 is 25.4 Å². The molecule has 1 saturated heterocycles. The number of likely N-dealkylation sites (tertiary alicyclic amines) is 1. The number of rotatable bonds is 12. The molecule has 224 valence electrons. The molecular weight excluding hydrogens is 560 g/mol. The molecule has 4 aromatic rings. The molecule has 0 bridgehead atoms. The number of amides is 2. The molecule has 5 rings (SSSR count). The lowest BCUT2D eigenvalue weighted by atomic mass is 10.00. The van der Waals surface area contributed by atoms with Crippen molar-refractivity contribution in [2.75, 3.05) is 20.2 Å². The van der Waals surface area contributed by atoms with Crippen LogP contribution in [0.25, 0.3) is 0 Å². The van der Waals surface area contributed by atoms with Crippen molar-refractivity contribution in [3.63, 3.8) is 0 Å². The molecule has 3 N–H and O–H groups in total. The second kappa shape index (κ2) is 14.4. The fourth-order valence-corrected chi connectivity index (χ4v) is 6.39. The average molecular weight is 599 g/mol. The monoisotopic (exact) mass is 598 g/mol. The Labute approximate surface area is 256 Å². The van der Waals surface area contributed by atoms with E-state index in [2.05, 4.69) is 15.6 Å². The molecule has 2 heterocycles. The number of benzene rings is 3. The number of aromatic nitrogens is 1. The highest BCUT2D eigenvalue weighted by Crippen LogP contribution is 2.34. The molecule has 0 saturated carbocycles. The van der Waals surface area contributed by atoms with Crippen LogP contribution in [-0.4, -0.2) is 59.1 Å². The summed E-state index contributed by atoms with van der Waals surface area (Å²) in [4.78, 5) is 33.6. The zero-order valence-electron chi connectivity index (χ0n) is 24.5. The van der Waals surface area contributed by atoms with Crippen LogP contribution >= 0.6 is 11.3 Å². The Kier molecular flexibility index (Phi) is 10.2. The quantitative estimate of drug-likeness (QED) is 0.214. The van der Waals surface area contributed by atoms with Gasteiger partial charge >= 0.3 is 0 Å². The van der Waals surface area contributed by atoms with Crippen LogP contribution in [0.3, 0.4) is 0 Å². The van der Waals surface area contributed by atoms with Gasteiger partial charge in [-0.05, 0) is 67.6 Å². The first-order valence-corrected chi connectivity index (χ1v) is 15.5. The highest BCUT2D eigenvalue weighted by molar-refractivity contribution is 7.09. The topological polar surface area (TPSA) is 104 Å². The van der Waals surface area contributed by atoms with Crippen LogP contribution in [0.4, 0.5) is 0 Å². The Bertz CT molecular complexity index is 1530. The van der Waals surface area contributed by atoms with Crippen molar-refractivity contribution >= 4 is 23.2 Å². The number of methoxy groups -OCH3 is 1. The Hall–Kier alpha value is -4.05. The van der Waals surface area contributed by atoms with Crippen LogP contribution in [0.1, 0.15) is 61.4 Å². The number of thiazole rings is 1. The number of hydrogen-bond donors (Lipinski definition) is 3. The molecule has 0 spiro atoms. The summed E-state index contributed by atoms with van der Waals surface area (Å²) in [5, 5.41) is 20.5. The van der Waals surface area contributed by atoms with Gasteiger partial charge in [-0.2, -0.15) is 0 Å². The van der Waals surface area contributed by atoms with Crippen molar-refractivity contribution in [3.05, 3.63) is 117 Å². The Balaban J connectivity index is 1.27. The number of carbonyl (C=O) groups is 2. The Morgan fingerprint density at radius 2 is 1.81 bits per heavy atom. The van der Waals surface area contributed by atoms with Gasteiger partial charge in [0.2, 0.25) is 0 Å². The summed E-state index contributed by atoms with van der Waals surface area (Å²) in [6.45, 7) is 3.44. The molecular formula is C34H38N4O4S. The maximum Gasteiger partial charge on any atom is 0.254 e. The summed E-state index contributed by atoms with van der Waals surface area (Å²) in [5.74, 6) is 0.330. The normalized spacial score (nSPS) is 16.1. The van der Waals surface area contributed by atoms with E-state index >= 15 is 0 Å². The van der Waals surface area contributed by atoms with Crippen LogP contribution < -0.4 is 15.4 Å². The highest BCUT2D eigenvalue weighted by atomic mass is 32.1. The van der Waals surface area contributed by atoms with E-state index in [0.717, 1.165) is 40.4 Å². The number of carbonyl (C=O) groups excluding carboxylic acids is 2. The van der Waals surface area contributed by atoms with E-state index in [-0.39, 0.29) is 24.4 Å². The molecule has 0 radical (unpaired) electrons. The minimum atomic E-state index is -0.855. The molecule has 9 heteroatoms. The second-order valence-corrected chi connectivity index (χ2v) is 11.8. The first-order valence-electron chi connectivity index (χ1n) is 14.6. The lowest BCUT2D eigenvalue weighted by molar-refractivity contribution is 0.0735. The van der Waals surface area contributed by atoms with Crippen molar-refractivity contribution in [1.82, 2.24) is 20.5 Å². The van der Waals surface area contributed by atoms with E-state index in [9.17, 15) is 14.7 Å². The molecule has 3 aromatic carbocycles. The van der Waals surface area contributed by atoms with Crippen molar-refractivity contribution < 1.29 is 19.4 Å². The van der Waals surface area contributed by atoms with E-state index in [4.69, 9.17) is 4.74 Å². The van der Waals surface area contributed by atoms with Gasteiger partial charge in [-0.15, -0.1) is 11.3 Å². The van der Waals surface area contributed by atoms with Crippen molar-refractivity contribution in [2.24, 2.45) is 0 Å². The number of hydrogen-bond acceptors (Lipinski definition) is 7. The molecule has 2 amide bonds. The SMILES string of the molecule is COc1cccc(CNC[C@@H](O)[C@H](Cc2ccccc2)NC(=O)c2cccc(C(=O)N3CCC[C@@H]3c3nc(C)cs3)c2)c1. The van der Waals surface area contributed by atoms with Crippen LogP contribution in [0, 0.1) is 6.92 Å². The third kappa shape index (κ3) is 7.87. The van der Waals surface area contributed by atoms with E-state index in [1.807, 2.05) is 71.8 Å². The molecule has 1 aromatic heterocycles. The Morgan fingerprint density at radius 1 is 1.05 bits per heavy atom. The second-order valence-electron chi connectivity index (χ2n) is 10.9. The lowest BCUT2D eigenvalue weighted by Gasteiger charge is -2.25. The minimum absolute atomic E-state index is 0.0430.